The van der Waals surface area contributed by atoms with Crippen molar-refractivity contribution in [3.8, 4) is 22.9 Å². The monoisotopic (exact) mass is 605 g/mol. The summed E-state index contributed by atoms with van der Waals surface area (Å²) in [6, 6.07) is 16.4. The first-order chi connectivity index (χ1) is 21.8. The van der Waals surface area contributed by atoms with E-state index in [2.05, 4.69) is 20.7 Å². The second-order valence-electron chi connectivity index (χ2n) is 10.6. The molecule has 1 aliphatic carbocycles. The molecule has 224 valence electrons. The lowest BCUT2D eigenvalue weighted by molar-refractivity contribution is -0.114. The molecule has 11 nitrogen and oxygen atoms in total. The van der Waals surface area contributed by atoms with Crippen molar-refractivity contribution in [1.29, 1.82) is 0 Å². The van der Waals surface area contributed by atoms with Gasteiger partial charge in [0.25, 0.3) is 5.91 Å². The molecule has 4 heterocycles. The Balaban J connectivity index is 1.25. The molecule has 0 bridgehead atoms. The van der Waals surface area contributed by atoms with Crippen molar-refractivity contribution >= 4 is 34.5 Å². The number of fused-ring (bicyclic) bond motifs is 2. The third kappa shape index (κ3) is 5.03. The van der Waals surface area contributed by atoms with Crippen LogP contribution in [0.4, 0.5) is 20.3 Å². The third-order valence-corrected chi connectivity index (χ3v) is 7.68. The molecule has 0 radical (unpaired) electrons. The fourth-order valence-corrected chi connectivity index (χ4v) is 5.65. The SMILES string of the molecule is CC(=O)Nc1c(F)cc(C(=O)N[C@H]2CCc3cc(-n4c(-c5cccnc5N)nc5ccc(-n6cccn6)nc54)ccc32)cc1F. The van der Waals surface area contributed by atoms with Crippen LogP contribution in [0, 0.1) is 11.6 Å². The van der Waals surface area contributed by atoms with Crippen LogP contribution in [0.5, 0.6) is 0 Å². The maximum absolute atomic E-state index is 14.5. The highest BCUT2D eigenvalue weighted by Crippen LogP contribution is 2.36. The third-order valence-electron chi connectivity index (χ3n) is 7.68. The smallest absolute Gasteiger partial charge is 0.251 e. The number of nitrogens with two attached hydrogens (primary N) is 1. The number of nitrogen functional groups attached to an aromatic ring is 1. The minimum absolute atomic E-state index is 0.188. The van der Waals surface area contributed by atoms with E-state index in [0.29, 0.717) is 47.0 Å². The Morgan fingerprint density at radius 3 is 2.56 bits per heavy atom. The Hall–Kier alpha value is -5.98. The van der Waals surface area contributed by atoms with Gasteiger partial charge in [-0.15, -0.1) is 0 Å². The van der Waals surface area contributed by atoms with Crippen LogP contribution in [0.1, 0.15) is 40.9 Å². The van der Waals surface area contributed by atoms with Gasteiger partial charge in [-0.1, -0.05) is 6.07 Å². The molecule has 0 fully saturated rings. The molecule has 4 aromatic heterocycles. The fourth-order valence-electron chi connectivity index (χ4n) is 5.65. The molecular formula is C32H25F2N9O2. The van der Waals surface area contributed by atoms with Gasteiger partial charge in [0.05, 0.1) is 11.6 Å². The van der Waals surface area contributed by atoms with Crippen LogP contribution in [-0.2, 0) is 11.2 Å². The molecule has 2 amide bonds. The Labute approximate surface area is 254 Å². The molecule has 1 atom stereocenters. The number of carbonyl (C=O) groups is 2. The second kappa shape index (κ2) is 10.9. The van der Waals surface area contributed by atoms with E-state index in [1.165, 1.54) is 0 Å². The van der Waals surface area contributed by atoms with Crippen molar-refractivity contribution in [3.63, 3.8) is 0 Å². The van der Waals surface area contributed by atoms with E-state index < -0.39 is 29.1 Å². The van der Waals surface area contributed by atoms with Gasteiger partial charge in [0.1, 0.15) is 17.0 Å². The first-order valence-electron chi connectivity index (χ1n) is 14.1. The maximum atomic E-state index is 14.5. The molecule has 0 saturated carbocycles. The van der Waals surface area contributed by atoms with E-state index in [0.717, 1.165) is 35.9 Å². The summed E-state index contributed by atoms with van der Waals surface area (Å²) in [5.74, 6) is -1.82. The second-order valence-corrected chi connectivity index (χ2v) is 10.6. The number of carbonyl (C=O) groups excluding carboxylic acids is 2. The first kappa shape index (κ1) is 27.8. The van der Waals surface area contributed by atoms with Crippen molar-refractivity contribution < 1.29 is 18.4 Å². The Kier molecular flexibility index (Phi) is 6.76. The summed E-state index contributed by atoms with van der Waals surface area (Å²) >= 11 is 0. The number of aromatic nitrogens is 6. The summed E-state index contributed by atoms with van der Waals surface area (Å²) < 4.78 is 32.6. The van der Waals surface area contributed by atoms with E-state index in [-0.39, 0.29) is 11.6 Å². The number of amides is 2. The maximum Gasteiger partial charge on any atom is 0.251 e. The summed E-state index contributed by atoms with van der Waals surface area (Å²) in [6.45, 7) is 1.14. The number of anilines is 2. The highest BCUT2D eigenvalue weighted by molar-refractivity contribution is 5.96. The molecule has 13 heteroatoms. The zero-order valence-corrected chi connectivity index (χ0v) is 23.8. The number of rotatable bonds is 6. The van der Waals surface area contributed by atoms with Gasteiger partial charge in [-0.25, -0.2) is 28.4 Å². The van der Waals surface area contributed by atoms with Gasteiger partial charge in [0.2, 0.25) is 5.91 Å². The van der Waals surface area contributed by atoms with E-state index in [4.69, 9.17) is 15.7 Å². The van der Waals surface area contributed by atoms with Crippen LogP contribution in [0.3, 0.4) is 0 Å². The molecule has 1 aliphatic rings. The van der Waals surface area contributed by atoms with Crippen LogP contribution in [0.2, 0.25) is 0 Å². The summed E-state index contributed by atoms with van der Waals surface area (Å²) in [6.07, 6.45) is 6.34. The van der Waals surface area contributed by atoms with Crippen LogP contribution in [0.25, 0.3) is 34.1 Å². The number of aryl methyl sites for hydroxylation is 1. The number of nitrogens with one attached hydrogen (secondary N) is 2. The fraction of sp³-hybridized carbons (Fsp3) is 0.125. The van der Waals surface area contributed by atoms with Crippen molar-refractivity contribution in [2.24, 2.45) is 0 Å². The van der Waals surface area contributed by atoms with E-state index >= 15 is 0 Å². The highest BCUT2D eigenvalue weighted by Gasteiger charge is 2.27. The quantitative estimate of drug-likeness (QED) is 0.245. The summed E-state index contributed by atoms with van der Waals surface area (Å²) in [7, 11) is 0. The van der Waals surface area contributed by atoms with Gasteiger partial charge >= 0.3 is 0 Å². The Bertz CT molecular complexity index is 2100. The minimum atomic E-state index is -1.03. The standard InChI is InChI=1S/C32H25F2N9O2/c1-17(44)38-28-23(33)15-19(16-24(28)34)32(45)40-25-8-5-18-14-20(6-7-21(18)25)43-30(22-4-2-11-36-29(22)35)39-26-9-10-27(41-31(26)43)42-13-3-12-37-42/h2-4,6-7,9-16,25H,5,8H2,1H3,(H2,35,36)(H,38,44)(H,40,45)/t25-/m0/s1. The molecule has 7 rings (SSSR count). The number of benzene rings is 2. The molecular weight excluding hydrogens is 580 g/mol. The van der Waals surface area contributed by atoms with Crippen molar-refractivity contribution in [3.05, 3.63) is 108 Å². The topological polar surface area (TPSA) is 146 Å². The molecule has 6 aromatic rings. The van der Waals surface area contributed by atoms with Crippen LogP contribution in [-0.4, -0.2) is 41.1 Å². The number of imidazole rings is 1. The first-order valence-corrected chi connectivity index (χ1v) is 14.1. The zero-order chi connectivity index (χ0) is 31.2. The Morgan fingerprint density at radius 2 is 1.82 bits per heavy atom. The van der Waals surface area contributed by atoms with Gasteiger partial charge < -0.3 is 16.4 Å². The van der Waals surface area contributed by atoms with Crippen molar-refractivity contribution in [1.82, 2.24) is 34.6 Å². The lowest BCUT2D eigenvalue weighted by Crippen LogP contribution is -2.27. The van der Waals surface area contributed by atoms with Gasteiger partial charge in [0.15, 0.2) is 28.9 Å². The Morgan fingerprint density at radius 1 is 1.00 bits per heavy atom. The predicted octanol–water partition coefficient (Wildman–Crippen LogP) is 4.90. The van der Waals surface area contributed by atoms with Crippen molar-refractivity contribution in [2.75, 3.05) is 11.1 Å². The summed E-state index contributed by atoms with van der Waals surface area (Å²) in [4.78, 5) is 38.3. The largest absolute Gasteiger partial charge is 0.383 e. The summed E-state index contributed by atoms with van der Waals surface area (Å²) in [5.41, 5.74) is 10.0. The van der Waals surface area contributed by atoms with E-state index in [1.54, 1.807) is 29.3 Å². The van der Waals surface area contributed by atoms with Gasteiger partial charge in [-0.05, 0) is 78.6 Å². The zero-order valence-electron chi connectivity index (χ0n) is 23.8. The highest BCUT2D eigenvalue weighted by atomic mass is 19.1. The van der Waals surface area contributed by atoms with E-state index in [1.807, 2.05) is 47.0 Å². The van der Waals surface area contributed by atoms with Gasteiger partial charge in [-0.3, -0.25) is 14.2 Å². The molecule has 0 spiro atoms. The normalized spacial score (nSPS) is 14.0. The lowest BCUT2D eigenvalue weighted by Gasteiger charge is -2.16. The van der Waals surface area contributed by atoms with Gasteiger partial charge in [-0.2, -0.15) is 5.10 Å². The van der Waals surface area contributed by atoms with E-state index in [9.17, 15) is 18.4 Å². The lowest BCUT2D eigenvalue weighted by atomic mass is 10.1. The van der Waals surface area contributed by atoms with Crippen LogP contribution in [0.15, 0.2) is 79.3 Å². The average Bonchev–Trinajstić information content (AvgIpc) is 3.78. The van der Waals surface area contributed by atoms with Crippen LogP contribution < -0.4 is 16.4 Å². The molecule has 0 saturated heterocycles. The number of hydrogen-bond donors (Lipinski definition) is 3. The molecule has 0 unspecified atom stereocenters. The molecule has 2 aromatic carbocycles. The van der Waals surface area contributed by atoms with Crippen molar-refractivity contribution in [2.45, 2.75) is 25.8 Å². The molecule has 4 N–H and O–H groups in total. The van der Waals surface area contributed by atoms with Crippen LogP contribution >= 0.6 is 0 Å². The number of nitrogens with zero attached hydrogens (tertiary/aromatic N) is 6. The average molecular weight is 606 g/mol. The molecule has 45 heavy (non-hydrogen) atoms. The van der Waals surface area contributed by atoms with Gasteiger partial charge in [0, 0.05) is 36.8 Å². The number of hydrogen-bond acceptors (Lipinski definition) is 7. The summed E-state index contributed by atoms with van der Waals surface area (Å²) in [5, 5.41) is 9.30. The predicted molar refractivity (Wildman–Crippen MR) is 163 cm³/mol. The number of halogens is 2. The minimum Gasteiger partial charge on any atom is -0.383 e. The molecule has 0 aliphatic heterocycles. The number of pyridine rings is 2.